The van der Waals surface area contributed by atoms with Crippen LogP contribution in [0.2, 0.25) is 0 Å². The predicted molar refractivity (Wildman–Crippen MR) is 53.4 cm³/mol. The molecular formula is C11H10ClF. The number of alkyl halides is 1. The number of halogens is 2. The zero-order valence-corrected chi connectivity index (χ0v) is 8.16. The van der Waals surface area contributed by atoms with Gasteiger partial charge in [-0.05, 0) is 42.2 Å². The first-order valence-corrected chi connectivity index (χ1v) is 4.79. The van der Waals surface area contributed by atoms with E-state index in [1.54, 1.807) is 6.07 Å². The normalized spacial score (nSPS) is 15.0. The van der Waals surface area contributed by atoms with Crippen molar-refractivity contribution in [1.29, 1.82) is 0 Å². The van der Waals surface area contributed by atoms with Crippen LogP contribution in [0.3, 0.4) is 0 Å². The van der Waals surface area contributed by atoms with Gasteiger partial charge in [-0.3, -0.25) is 0 Å². The molecule has 0 radical (unpaired) electrons. The lowest BCUT2D eigenvalue weighted by Gasteiger charge is -2.01. The summed E-state index contributed by atoms with van der Waals surface area (Å²) < 4.78 is 12.9. The maximum Gasteiger partial charge on any atom is 0.123 e. The monoisotopic (exact) mass is 196 g/mol. The smallest absolute Gasteiger partial charge is 0.123 e. The van der Waals surface area contributed by atoms with Crippen LogP contribution >= 0.6 is 11.6 Å². The van der Waals surface area contributed by atoms with Gasteiger partial charge in [-0.25, -0.2) is 4.39 Å². The predicted octanol–water partition coefficient (Wildman–Crippen LogP) is 3.39. The molecule has 2 heteroatoms. The fourth-order valence-corrected chi connectivity index (χ4v) is 2.16. The van der Waals surface area contributed by atoms with Crippen LogP contribution in [-0.4, -0.2) is 5.88 Å². The summed E-state index contributed by atoms with van der Waals surface area (Å²) in [5.74, 6) is 0.290. The van der Waals surface area contributed by atoms with Crippen molar-refractivity contribution in [3.8, 4) is 0 Å². The average Bonchev–Trinajstić information content (AvgIpc) is 2.40. The second-order valence-electron chi connectivity index (χ2n) is 3.37. The molecule has 0 bridgehead atoms. The molecule has 2 rings (SSSR count). The summed E-state index contributed by atoms with van der Waals surface area (Å²) in [6, 6.07) is 4.92. The molecule has 0 heterocycles. The Labute approximate surface area is 82.0 Å². The first-order valence-electron chi connectivity index (χ1n) is 4.25. The lowest BCUT2D eigenvalue weighted by atomic mass is 10.1. The Morgan fingerprint density at radius 1 is 1.46 bits per heavy atom. The summed E-state index contributed by atoms with van der Waals surface area (Å²) in [6.07, 6.45) is 0.914. The summed E-state index contributed by atoms with van der Waals surface area (Å²) in [6.45, 7) is 2.05. The molecule has 68 valence electrons. The molecule has 0 N–H and O–H groups in total. The zero-order chi connectivity index (χ0) is 9.42. The van der Waals surface area contributed by atoms with E-state index in [1.807, 2.05) is 6.07 Å². The van der Waals surface area contributed by atoms with Gasteiger partial charge >= 0.3 is 0 Å². The number of rotatable bonds is 1. The minimum atomic E-state index is -0.184. The van der Waals surface area contributed by atoms with Gasteiger partial charge in [0, 0.05) is 5.88 Å². The standard InChI is InChI=1S/C11H10ClF/c1-7-4-8-2-3-9(13)5-10(8)11(7)6-12/h2-3,5H,4,6H2,1H3. The molecule has 0 saturated heterocycles. The van der Waals surface area contributed by atoms with Gasteiger partial charge in [0.1, 0.15) is 5.82 Å². The van der Waals surface area contributed by atoms with Gasteiger partial charge in [0.2, 0.25) is 0 Å². The Kier molecular flexibility index (Phi) is 2.12. The van der Waals surface area contributed by atoms with Crippen molar-refractivity contribution < 1.29 is 4.39 Å². The fraction of sp³-hybridized carbons (Fsp3) is 0.273. The van der Waals surface area contributed by atoms with E-state index in [2.05, 4.69) is 6.92 Å². The largest absolute Gasteiger partial charge is 0.207 e. The Morgan fingerprint density at radius 2 is 2.23 bits per heavy atom. The molecule has 0 fully saturated rings. The Balaban J connectivity index is 2.55. The van der Waals surface area contributed by atoms with E-state index < -0.39 is 0 Å². The molecule has 0 unspecified atom stereocenters. The molecule has 0 nitrogen and oxygen atoms in total. The Bertz CT molecular complexity index is 380. The van der Waals surface area contributed by atoms with Crippen molar-refractivity contribution in [2.24, 2.45) is 0 Å². The van der Waals surface area contributed by atoms with E-state index in [0.29, 0.717) is 5.88 Å². The minimum Gasteiger partial charge on any atom is -0.207 e. The maximum atomic E-state index is 12.9. The van der Waals surface area contributed by atoms with Crippen molar-refractivity contribution in [1.82, 2.24) is 0 Å². The summed E-state index contributed by atoms with van der Waals surface area (Å²) in [5.41, 5.74) is 4.54. The molecule has 1 aromatic rings. The summed E-state index contributed by atoms with van der Waals surface area (Å²) in [5, 5.41) is 0. The van der Waals surface area contributed by atoms with Crippen LogP contribution in [0.25, 0.3) is 5.57 Å². The van der Waals surface area contributed by atoms with Gasteiger partial charge in [0.15, 0.2) is 0 Å². The highest BCUT2D eigenvalue weighted by atomic mass is 35.5. The number of fused-ring (bicyclic) bond motifs is 1. The Hall–Kier alpha value is -0.820. The second-order valence-corrected chi connectivity index (χ2v) is 3.64. The van der Waals surface area contributed by atoms with Crippen molar-refractivity contribution in [2.45, 2.75) is 13.3 Å². The third-order valence-corrected chi connectivity index (χ3v) is 2.77. The second kappa shape index (κ2) is 3.15. The van der Waals surface area contributed by atoms with Crippen LogP contribution < -0.4 is 0 Å². The molecule has 13 heavy (non-hydrogen) atoms. The summed E-state index contributed by atoms with van der Waals surface area (Å²) in [4.78, 5) is 0. The van der Waals surface area contributed by atoms with Gasteiger partial charge in [-0.1, -0.05) is 11.6 Å². The third kappa shape index (κ3) is 1.37. The minimum absolute atomic E-state index is 0.184. The molecule has 0 saturated carbocycles. The van der Waals surface area contributed by atoms with E-state index in [4.69, 9.17) is 11.6 Å². The number of benzene rings is 1. The van der Waals surface area contributed by atoms with Gasteiger partial charge in [-0.2, -0.15) is 0 Å². The van der Waals surface area contributed by atoms with Crippen LogP contribution in [0.1, 0.15) is 18.1 Å². The third-order valence-electron chi connectivity index (χ3n) is 2.50. The molecule has 0 spiro atoms. The van der Waals surface area contributed by atoms with E-state index in [-0.39, 0.29) is 5.82 Å². The van der Waals surface area contributed by atoms with Gasteiger partial charge in [0.05, 0.1) is 0 Å². The highest BCUT2D eigenvalue weighted by molar-refractivity contribution is 6.23. The fourth-order valence-electron chi connectivity index (χ4n) is 1.79. The van der Waals surface area contributed by atoms with Crippen molar-refractivity contribution in [2.75, 3.05) is 5.88 Å². The maximum absolute atomic E-state index is 12.9. The molecule has 0 aromatic heterocycles. The van der Waals surface area contributed by atoms with Gasteiger partial charge in [-0.15, -0.1) is 11.6 Å². The quantitative estimate of drug-likeness (QED) is 0.604. The van der Waals surface area contributed by atoms with Crippen LogP contribution in [0.15, 0.2) is 23.8 Å². The first kappa shape index (κ1) is 8.76. The van der Waals surface area contributed by atoms with Crippen molar-refractivity contribution >= 4 is 17.2 Å². The highest BCUT2D eigenvalue weighted by Crippen LogP contribution is 2.33. The van der Waals surface area contributed by atoms with Gasteiger partial charge in [0.25, 0.3) is 0 Å². The number of allylic oxidation sites excluding steroid dienone is 2. The van der Waals surface area contributed by atoms with Gasteiger partial charge < -0.3 is 0 Å². The average molecular weight is 197 g/mol. The molecule has 1 aromatic carbocycles. The van der Waals surface area contributed by atoms with Crippen LogP contribution in [0.4, 0.5) is 4.39 Å². The topological polar surface area (TPSA) is 0 Å². The molecule has 1 aliphatic rings. The van der Waals surface area contributed by atoms with Crippen LogP contribution in [0, 0.1) is 5.82 Å². The zero-order valence-electron chi connectivity index (χ0n) is 7.40. The van der Waals surface area contributed by atoms with Crippen molar-refractivity contribution in [3.63, 3.8) is 0 Å². The van der Waals surface area contributed by atoms with E-state index in [1.165, 1.54) is 17.2 Å². The molecule has 0 aliphatic heterocycles. The van der Waals surface area contributed by atoms with E-state index in [0.717, 1.165) is 17.6 Å². The Morgan fingerprint density at radius 3 is 2.92 bits per heavy atom. The van der Waals surface area contributed by atoms with Crippen molar-refractivity contribution in [3.05, 3.63) is 40.7 Å². The lowest BCUT2D eigenvalue weighted by molar-refractivity contribution is 0.627. The molecule has 0 atom stereocenters. The molecule has 0 amide bonds. The number of hydrogen-bond donors (Lipinski definition) is 0. The first-order chi connectivity index (χ1) is 6.22. The summed E-state index contributed by atoms with van der Waals surface area (Å²) >= 11 is 5.80. The van der Waals surface area contributed by atoms with Crippen LogP contribution in [-0.2, 0) is 6.42 Å². The van der Waals surface area contributed by atoms with E-state index >= 15 is 0 Å². The number of hydrogen-bond acceptors (Lipinski definition) is 0. The molecule has 1 aliphatic carbocycles. The highest BCUT2D eigenvalue weighted by Gasteiger charge is 2.17. The summed E-state index contributed by atoms with van der Waals surface area (Å²) in [7, 11) is 0. The van der Waals surface area contributed by atoms with Crippen LogP contribution in [0.5, 0.6) is 0 Å². The lowest BCUT2D eigenvalue weighted by Crippen LogP contribution is -1.87. The SMILES string of the molecule is CC1=C(CCl)c2cc(F)ccc2C1. The van der Waals surface area contributed by atoms with E-state index in [9.17, 15) is 4.39 Å². The molecular weight excluding hydrogens is 187 g/mol.